The van der Waals surface area contributed by atoms with Gasteiger partial charge in [0.05, 0.1) is 34.4 Å². The normalized spacial score (nSPS) is 14.6. The number of phosphoric acid groups is 1. The van der Waals surface area contributed by atoms with E-state index in [0.717, 1.165) is 70.6 Å². The number of likely N-dealkylation sites (N-methyl/N-ethyl adjacent to an activating group) is 1. The van der Waals surface area contributed by atoms with Crippen LogP contribution in [0.5, 0.6) is 0 Å². The third-order valence-corrected chi connectivity index (χ3v) is 8.39. The van der Waals surface area contributed by atoms with Crippen LogP contribution in [0.4, 0.5) is 0 Å². The fourth-order valence-corrected chi connectivity index (χ4v) is 5.28. The molecule has 2 unspecified atom stereocenters. The van der Waals surface area contributed by atoms with Gasteiger partial charge in [0.15, 0.2) is 0 Å². The second-order valence-electron chi connectivity index (χ2n) is 13.2. The van der Waals surface area contributed by atoms with Crippen LogP contribution in [0, 0.1) is 0 Å². The molecule has 0 aromatic heterocycles. The molecule has 274 valence electrons. The van der Waals surface area contributed by atoms with Gasteiger partial charge in [-0.25, -0.2) is 4.57 Å². The molecule has 0 aliphatic rings. The minimum absolute atomic E-state index is 0.0833. The second kappa shape index (κ2) is 31.7. The maximum absolute atomic E-state index is 12.5. The number of carbonyl (C=O) groups is 1. The zero-order valence-electron chi connectivity index (χ0n) is 30.8. The van der Waals surface area contributed by atoms with Gasteiger partial charge in [-0.05, 0) is 51.4 Å². The van der Waals surface area contributed by atoms with E-state index in [-0.39, 0.29) is 25.8 Å². The average molecular weight is 685 g/mol. The molecule has 0 fully saturated rings. The minimum atomic E-state index is -4.27. The average Bonchev–Trinajstić information content (AvgIpc) is 3.01. The largest absolute Gasteiger partial charge is 0.472 e. The van der Waals surface area contributed by atoms with E-state index in [1.807, 2.05) is 21.1 Å². The number of carbonyl (C=O) groups excluding carboxylic acids is 1. The van der Waals surface area contributed by atoms with Gasteiger partial charge in [-0.15, -0.1) is 0 Å². The summed E-state index contributed by atoms with van der Waals surface area (Å²) in [6, 6.07) is 0. The maximum Gasteiger partial charge on any atom is 0.472 e. The Kier molecular flexibility index (Phi) is 30.7. The predicted molar refractivity (Wildman–Crippen MR) is 196 cm³/mol. The van der Waals surface area contributed by atoms with Crippen LogP contribution in [-0.2, 0) is 27.9 Å². The van der Waals surface area contributed by atoms with Crippen LogP contribution in [0.2, 0.25) is 0 Å². The van der Waals surface area contributed by atoms with Crippen molar-refractivity contribution in [1.29, 1.82) is 0 Å². The van der Waals surface area contributed by atoms with Gasteiger partial charge in [0.25, 0.3) is 0 Å². The lowest BCUT2D eigenvalue weighted by Gasteiger charge is -2.24. The van der Waals surface area contributed by atoms with Gasteiger partial charge in [-0.3, -0.25) is 13.8 Å². The highest BCUT2D eigenvalue weighted by atomic mass is 31.2. The fraction of sp³-hybridized carbons (Fsp3) is 0.763. The SMILES string of the molecule is CC/C=C\C/C=C\C/C=C\C/C=C\CCCCCCCOCC(COP(=O)(O)OCC[N+](C)(C)C)OC(=O)CCCCCCCCC. The molecule has 0 aliphatic carbocycles. The van der Waals surface area contributed by atoms with Crippen LogP contribution in [0.15, 0.2) is 48.6 Å². The second-order valence-corrected chi connectivity index (χ2v) is 14.7. The van der Waals surface area contributed by atoms with Crippen LogP contribution in [-0.4, -0.2) is 75.6 Å². The molecule has 47 heavy (non-hydrogen) atoms. The van der Waals surface area contributed by atoms with E-state index in [2.05, 4.69) is 62.5 Å². The Balaban J connectivity index is 4.26. The number of rotatable bonds is 33. The van der Waals surface area contributed by atoms with Crippen molar-refractivity contribution in [2.24, 2.45) is 0 Å². The van der Waals surface area contributed by atoms with E-state index in [0.29, 0.717) is 24.1 Å². The van der Waals surface area contributed by atoms with Gasteiger partial charge in [0.1, 0.15) is 19.3 Å². The summed E-state index contributed by atoms with van der Waals surface area (Å²) in [4.78, 5) is 22.6. The van der Waals surface area contributed by atoms with Gasteiger partial charge in [-0.2, -0.15) is 0 Å². The highest BCUT2D eigenvalue weighted by molar-refractivity contribution is 7.47. The monoisotopic (exact) mass is 684 g/mol. The number of allylic oxidation sites excluding steroid dienone is 8. The van der Waals surface area contributed by atoms with Gasteiger partial charge in [-0.1, -0.05) is 120 Å². The van der Waals surface area contributed by atoms with Crippen LogP contribution in [0.25, 0.3) is 0 Å². The number of nitrogens with zero attached hydrogens (tertiary/aromatic N) is 1. The van der Waals surface area contributed by atoms with Crippen molar-refractivity contribution >= 4 is 13.8 Å². The molecule has 0 saturated carbocycles. The fourth-order valence-electron chi connectivity index (χ4n) is 4.54. The van der Waals surface area contributed by atoms with Crippen LogP contribution in [0.1, 0.15) is 129 Å². The molecule has 2 atom stereocenters. The summed E-state index contributed by atoms with van der Waals surface area (Å²) in [5.74, 6) is -0.331. The summed E-state index contributed by atoms with van der Waals surface area (Å²) in [7, 11) is 1.64. The Morgan fingerprint density at radius 3 is 1.85 bits per heavy atom. The molecule has 0 aromatic rings. The van der Waals surface area contributed by atoms with Crippen molar-refractivity contribution in [3.63, 3.8) is 0 Å². The molecule has 0 saturated heterocycles. The summed E-state index contributed by atoms with van der Waals surface area (Å²) in [6.07, 6.45) is 35.8. The summed E-state index contributed by atoms with van der Waals surface area (Å²) < 4.78 is 34.7. The Morgan fingerprint density at radius 2 is 1.23 bits per heavy atom. The molecule has 0 spiro atoms. The lowest BCUT2D eigenvalue weighted by atomic mass is 10.1. The Hall–Kier alpha value is -1.54. The van der Waals surface area contributed by atoms with Gasteiger partial charge >= 0.3 is 13.8 Å². The van der Waals surface area contributed by atoms with E-state index in [1.165, 1.54) is 38.5 Å². The Labute approximate surface area is 288 Å². The van der Waals surface area contributed by atoms with Crippen molar-refractivity contribution in [2.75, 3.05) is 54.1 Å². The zero-order chi connectivity index (χ0) is 34.9. The predicted octanol–water partition coefficient (Wildman–Crippen LogP) is 10.0. The van der Waals surface area contributed by atoms with E-state index < -0.39 is 13.9 Å². The van der Waals surface area contributed by atoms with E-state index in [4.69, 9.17) is 18.5 Å². The Bertz CT molecular complexity index is 895. The number of hydrogen-bond acceptors (Lipinski definition) is 6. The summed E-state index contributed by atoms with van der Waals surface area (Å²) in [5, 5.41) is 0. The first-order valence-electron chi connectivity index (χ1n) is 18.4. The third-order valence-electron chi connectivity index (χ3n) is 7.40. The highest BCUT2D eigenvalue weighted by Crippen LogP contribution is 2.43. The molecular weight excluding hydrogens is 613 g/mol. The smallest absolute Gasteiger partial charge is 0.457 e. The Morgan fingerprint density at radius 1 is 0.681 bits per heavy atom. The summed E-state index contributed by atoms with van der Waals surface area (Å²) in [5.41, 5.74) is 0. The number of phosphoric ester groups is 1. The van der Waals surface area contributed by atoms with Crippen molar-refractivity contribution in [1.82, 2.24) is 0 Å². The number of hydrogen-bond donors (Lipinski definition) is 1. The van der Waals surface area contributed by atoms with Crippen molar-refractivity contribution < 1.29 is 37.3 Å². The molecule has 0 amide bonds. The molecule has 0 aliphatic heterocycles. The van der Waals surface area contributed by atoms with E-state index >= 15 is 0 Å². The van der Waals surface area contributed by atoms with Gasteiger partial charge < -0.3 is 18.9 Å². The van der Waals surface area contributed by atoms with E-state index in [1.54, 1.807) is 0 Å². The molecule has 1 N–H and O–H groups in total. The van der Waals surface area contributed by atoms with Crippen LogP contribution >= 0.6 is 7.82 Å². The first kappa shape index (κ1) is 45.5. The van der Waals surface area contributed by atoms with Gasteiger partial charge in [0, 0.05) is 13.0 Å². The zero-order valence-corrected chi connectivity index (χ0v) is 31.6. The quantitative estimate of drug-likeness (QED) is 0.0242. The molecule has 0 rings (SSSR count). The van der Waals surface area contributed by atoms with Crippen molar-refractivity contribution in [3.05, 3.63) is 48.6 Å². The molecule has 8 nitrogen and oxygen atoms in total. The van der Waals surface area contributed by atoms with Crippen molar-refractivity contribution in [3.8, 4) is 0 Å². The van der Waals surface area contributed by atoms with Crippen LogP contribution in [0.3, 0.4) is 0 Å². The lowest BCUT2D eigenvalue weighted by Crippen LogP contribution is -2.37. The molecule has 0 aromatic carbocycles. The van der Waals surface area contributed by atoms with Crippen molar-refractivity contribution in [2.45, 2.75) is 136 Å². The molecule has 0 heterocycles. The molecule has 9 heteroatoms. The van der Waals surface area contributed by atoms with E-state index in [9.17, 15) is 14.3 Å². The summed E-state index contributed by atoms with van der Waals surface area (Å²) in [6.45, 7) is 5.39. The first-order valence-corrected chi connectivity index (χ1v) is 19.9. The van der Waals surface area contributed by atoms with Crippen LogP contribution < -0.4 is 0 Å². The third kappa shape index (κ3) is 35.6. The first-order chi connectivity index (χ1) is 22.6. The van der Waals surface area contributed by atoms with Gasteiger partial charge in [0.2, 0.25) is 0 Å². The molecular formula is C38H71NO7P+. The molecule has 0 radical (unpaired) electrons. The topological polar surface area (TPSA) is 91.3 Å². The molecule has 0 bridgehead atoms. The summed E-state index contributed by atoms with van der Waals surface area (Å²) >= 11 is 0. The number of unbranched alkanes of at least 4 members (excludes halogenated alkanes) is 11. The standard InChI is InChI=1S/C38H70NO7P/c1-6-8-10-12-14-15-16-17-18-19-20-21-22-23-24-26-28-30-33-43-35-37(36-45-47(41,42)44-34-32-39(3,4)5)46-38(40)31-29-27-25-13-11-9-7-2/h8,10,14-15,17-18,20-21,37H,6-7,9,11-13,16,19,22-36H2,1-5H3/p+1/b10-8-,15-14-,18-17-,21-20-. The number of ether oxygens (including phenoxy) is 2. The lowest BCUT2D eigenvalue weighted by molar-refractivity contribution is -0.870. The maximum atomic E-state index is 12.5. The minimum Gasteiger partial charge on any atom is -0.457 e. The highest BCUT2D eigenvalue weighted by Gasteiger charge is 2.26. The number of esters is 1. The number of quaternary nitrogens is 1.